The molecule has 1 aromatic rings. The van der Waals surface area contributed by atoms with Crippen molar-refractivity contribution in [2.24, 2.45) is 0 Å². The van der Waals surface area contributed by atoms with Crippen molar-refractivity contribution in [2.45, 2.75) is 25.8 Å². The number of ether oxygens (including phenoxy) is 1. The molecule has 5 heteroatoms. The number of hydrogen-bond acceptors (Lipinski definition) is 5. The molecule has 1 atom stereocenters. The predicted molar refractivity (Wildman–Crippen MR) is 74.1 cm³/mol. The summed E-state index contributed by atoms with van der Waals surface area (Å²) in [6.07, 6.45) is 2.34. The molecule has 2 N–H and O–H groups in total. The van der Waals surface area contributed by atoms with Gasteiger partial charge in [0, 0.05) is 19.3 Å². The van der Waals surface area contributed by atoms with Crippen LogP contribution in [0.2, 0.25) is 0 Å². The Hall–Kier alpha value is -1.46. The van der Waals surface area contributed by atoms with Crippen molar-refractivity contribution in [3.8, 4) is 0 Å². The number of hydrogen-bond donors (Lipinski definition) is 1. The molecule has 0 aliphatic carbocycles. The molecule has 1 fully saturated rings. The Morgan fingerprint density at radius 1 is 1.53 bits per heavy atom. The zero-order valence-electron chi connectivity index (χ0n) is 11.6. The minimum absolute atomic E-state index is 0.0440. The molecule has 1 unspecified atom stereocenters. The van der Waals surface area contributed by atoms with Gasteiger partial charge in [-0.05, 0) is 25.5 Å². The highest BCUT2D eigenvalue weighted by atomic mass is 16.5. The number of aromatic nitrogens is 1. The van der Waals surface area contributed by atoms with Crippen LogP contribution in [-0.4, -0.2) is 47.5 Å². The van der Waals surface area contributed by atoms with Crippen molar-refractivity contribution < 1.29 is 9.53 Å². The van der Waals surface area contributed by atoms with Crippen LogP contribution in [0.25, 0.3) is 0 Å². The van der Waals surface area contributed by atoms with Crippen LogP contribution in [0.5, 0.6) is 0 Å². The minimum Gasteiger partial charge on any atom is -0.383 e. The normalized spacial score (nSPS) is 19.9. The number of ketones is 1. The van der Waals surface area contributed by atoms with Gasteiger partial charge in [0.15, 0.2) is 5.78 Å². The second-order valence-corrected chi connectivity index (χ2v) is 4.99. The van der Waals surface area contributed by atoms with Crippen LogP contribution < -0.4 is 5.73 Å². The molecule has 5 nitrogen and oxygen atoms in total. The van der Waals surface area contributed by atoms with E-state index in [-0.39, 0.29) is 5.78 Å². The average Bonchev–Trinajstić information content (AvgIpc) is 2.47. The number of carbonyl (C=O) groups excluding carboxylic acids is 1. The Morgan fingerprint density at radius 3 is 2.79 bits per heavy atom. The summed E-state index contributed by atoms with van der Waals surface area (Å²) in [5.41, 5.74) is 5.80. The zero-order chi connectivity index (χ0) is 13.9. The zero-order valence-corrected chi connectivity index (χ0v) is 11.6. The van der Waals surface area contributed by atoms with Gasteiger partial charge in [-0.15, -0.1) is 0 Å². The van der Waals surface area contributed by atoms with Gasteiger partial charge in [-0.25, -0.2) is 4.98 Å². The lowest BCUT2D eigenvalue weighted by Crippen LogP contribution is -2.56. The highest BCUT2D eigenvalue weighted by Crippen LogP contribution is 2.27. The van der Waals surface area contributed by atoms with E-state index in [4.69, 9.17) is 10.5 Å². The molecule has 2 rings (SSSR count). The quantitative estimate of drug-likeness (QED) is 0.830. The van der Waals surface area contributed by atoms with Crippen LogP contribution in [-0.2, 0) is 4.74 Å². The number of morpholine rings is 1. The van der Waals surface area contributed by atoms with Gasteiger partial charge in [-0.2, -0.15) is 0 Å². The number of anilines is 1. The van der Waals surface area contributed by atoms with E-state index >= 15 is 0 Å². The molecule has 0 saturated carbocycles. The second kappa shape index (κ2) is 5.67. The molecule has 0 radical (unpaired) electrons. The molecular weight excluding hydrogens is 242 g/mol. The van der Waals surface area contributed by atoms with E-state index in [1.165, 1.54) is 0 Å². The van der Waals surface area contributed by atoms with E-state index < -0.39 is 5.54 Å². The maximum atomic E-state index is 12.8. The smallest absolute Gasteiger partial charge is 0.186 e. The van der Waals surface area contributed by atoms with Gasteiger partial charge in [-0.1, -0.05) is 6.92 Å². The van der Waals surface area contributed by atoms with Gasteiger partial charge in [0.1, 0.15) is 5.82 Å². The van der Waals surface area contributed by atoms with Gasteiger partial charge < -0.3 is 10.5 Å². The Kier molecular flexibility index (Phi) is 4.17. The lowest BCUT2D eigenvalue weighted by molar-refractivity contribution is -0.0106. The maximum Gasteiger partial charge on any atom is 0.186 e. The van der Waals surface area contributed by atoms with Crippen molar-refractivity contribution in [1.82, 2.24) is 9.88 Å². The highest BCUT2D eigenvalue weighted by molar-refractivity contribution is 6.06. The second-order valence-electron chi connectivity index (χ2n) is 4.99. The largest absolute Gasteiger partial charge is 0.383 e. The van der Waals surface area contributed by atoms with Crippen LogP contribution in [0, 0.1) is 0 Å². The first-order valence-electron chi connectivity index (χ1n) is 6.67. The fourth-order valence-electron chi connectivity index (χ4n) is 2.48. The first-order chi connectivity index (χ1) is 9.09. The summed E-state index contributed by atoms with van der Waals surface area (Å²) in [6.45, 7) is 6.90. The number of nitrogens with zero attached hydrogens (tertiary/aromatic N) is 2. The third-order valence-corrected chi connectivity index (χ3v) is 3.97. The molecule has 0 spiro atoms. The highest BCUT2D eigenvalue weighted by Gasteiger charge is 2.39. The topological polar surface area (TPSA) is 68.5 Å². The van der Waals surface area contributed by atoms with E-state index in [0.717, 1.165) is 19.5 Å². The lowest BCUT2D eigenvalue weighted by atomic mass is 9.86. The van der Waals surface area contributed by atoms with Crippen LogP contribution in [0.4, 0.5) is 5.82 Å². The van der Waals surface area contributed by atoms with E-state index in [9.17, 15) is 4.79 Å². The number of rotatable bonds is 4. The fourth-order valence-corrected chi connectivity index (χ4v) is 2.48. The van der Waals surface area contributed by atoms with E-state index in [1.54, 1.807) is 18.3 Å². The molecule has 19 heavy (non-hydrogen) atoms. The summed E-state index contributed by atoms with van der Waals surface area (Å²) in [5.74, 6) is 0.350. The number of carbonyl (C=O) groups is 1. The maximum absolute atomic E-state index is 12.8. The first kappa shape index (κ1) is 14.0. The average molecular weight is 263 g/mol. The third-order valence-electron chi connectivity index (χ3n) is 3.97. The summed E-state index contributed by atoms with van der Waals surface area (Å²) in [6, 6.07) is 3.50. The first-order valence-corrected chi connectivity index (χ1v) is 6.67. The van der Waals surface area contributed by atoms with Crippen LogP contribution in [0.15, 0.2) is 18.3 Å². The predicted octanol–water partition coefficient (Wildman–Crippen LogP) is 1.35. The van der Waals surface area contributed by atoms with E-state index in [2.05, 4.69) is 9.88 Å². The van der Waals surface area contributed by atoms with Crippen LogP contribution >= 0.6 is 0 Å². The summed E-state index contributed by atoms with van der Waals surface area (Å²) in [7, 11) is 0. The summed E-state index contributed by atoms with van der Waals surface area (Å²) < 4.78 is 5.36. The molecule has 2 heterocycles. The SMILES string of the molecule is CCC(C)(C(=O)c1cccnc1N)N1CCOCC1. The van der Waals surface area contributed by atoms with Crippen molar-refractivity contribution in [3.05, 3.63) is 23.9 Å². The molecular formula is C14H21N3O2. The number of nitrogens with two attached hydrogens (primary N) is 1. The van der Waals surface area contributed by atoms with Gasteiger partial charge in [-0.3, -0.25) is 9.69 Å². The molecule has 0 amide bonds. The van der Waals surface area contributed by atoms with Crippen LogP contribution in [0.1, 0.15) is 30.6 Å². The van der Waals surface area contributed by atoms with Gasteiger partial charge in [0.2, 0.25) is 0 Å². The third kappa shape index (κ3) is 2.62. The number of pyridine rings is 1. The molecule has 0 bridgehead atoms. The summed E-state index contributed by atoms with van der Waals surface area (Å²) in [5, 5.41) is 0. The summed E-state index contributed by atoms with van der Waals surface area (Å²) in [4.78, 5) is 19.0. The van der Waals surface area contributed by atoms with Gasteiger partial charge in [0.25, 0.3) is 0 Å². The Labute approximate surface area is 113 Å². The van der Waals surface area contributed by atoms with E-state index in [1.807, 2.05) is 13.8 Å². The van der Waals surface area contributed by atoms with Crippen molar-refractivity contribution in [2.75, 3.05) is 32.0 Å². The van der Waals surface area contributed by atoms with Crippen molar-refractivity contribution in [1.29, 1.82) is 0 Å². The molecule has 1 aromatic heterocycles. The lowest BCUT2D eigenvalue weighted by Gasteiger charge is -2.41. The van der Waals surface area contributed by atoms with Gasteiger partial charge >= 0.3 is 0 Å². The fraction of sp³-hybridized carbons (Fsp3) is 0.571. The standard InChI is InChI=1S/C14H21N3O2/c1-3-14(2,17-7-9-19-10-8-17)12(18)11-5-4-6-16-13(11)15/h4-6H,3,7-10H2,1-2H3,(H2,15,16). The van der Waals surface area contributed by atoms with Gasteiger partial charge in [0.05, 0.1) is 24.3 Å². The van der Waals surface area contributed by atoms with Crippen molar-refractivity contribution in [3.63, 3.8) is 0 Å². The summed E-state index contributed by atoms with van der Waals surface area (Å²) >= 11 is 0. The molecule has 104 valence electrons. The Balaban J connectivity index is 2.30. The molecule has 1 saturated heterocycles. The molecule has 1 aliphatic rings. The molecule has 1 aliphatic heterocycles. The van der Waals surface area contributed by atoms with Crippen LogP contribution in [0.3, 0.4) is 0 Å². The monoisotopic (exact) mass is 263 g/mol. The Bertz CT molecular complexity index is 458. The molecule has 0 aromatic carbocycles. The minimum atomic E-state index is -0.541. The Morgan fingerprint density at radius 2 is 2.21 bits per heavy atom. The number of Topliss-reactive ketones (excluding diaryl/α,β-unsaturated/α-hetero) is 1. The van der Waals surface area contributed by atoms with Crippen molar-refractivity contribution >= 4 is 11.6 Å². The number of nitrogen functional groups attached to an aromatic ring is 1. The van der Waals surface area contributed by atoms with E-state index in [0.29, 0.717) is 24.6 Å².